The van der Waals surface area contributed by atoms with Crippen LogP contribution in [-0.4, -0.2) is 28.0 Å². The number of primary amides is 1. The van der Waals surface area contributed by atoms with Gasteiger partial charge in [0.05, 0.1) is 0 Å². The molecule has 0 aliphatic rings. The minimum Gasteiger partial charge on any atom is -0.383 e. The molecule has 3 aromatic rings. The van der Waals surface area contributed by atoms with E-state index in [4.69, 9.17) is 11.5 Å². The summed E-state index contributed by atoms with van der Waals surface area (Å²) >= 11 is 1.49. The molecule has 0 spiro atoms. The van der Waals surface area contributed by atoms with Gasteiger partial charge in [0.2, 0.25) is 0 Å². The number of amides is 1. The lowest BCUT2D eigenvalue weighted by molar-refractivity contribution is 0.0996. The van der Waals surface area contributed by atoms with Gasteiger partial charge >= 0.3 is 0 Å². The molecule has 0 saturated carbocycles. The third kappa shape index (κ3) is 4.61. The first-order chi connectivity index (χ1) is 13.0. The number of nitrogen functional groups attached to an aromatic ring is 1. The minimum absolute atomic E-state index is 0.134. The van der Waals surface area contributed by atoms with Crippen molar-refractivity contribution in [2.45, 2.75) is 42.9 Å². The molecule has 0 aliphatic carbocycles. The molecule has 0 fully saturated rings. The quantitative estimate of drug-likeness (QED) is 0.519. The van der Waals surface area contributed by atoms with E-state index in [0.29, 0.717) is 23.6 Å². The number of aromatic nitrogens is 2. The molecule has 0 aliphatic heterocycles. The van der Waals surface area contributed by atoms with Crippen LogP contribution >= 0.6 is 11.8 Å². The summed E-state index contributed by atoms with van der Waals surface area (Å²) in [7, 11) is 0. The average Bonchev–Trinajstić information content (AvgIpc) is 2.94. The van der Waals surface area contributed by atoms with Crippen LogP contribution in [0.2, 0.25) is 0 Å². The van der Waals surface area contributed by atoms with Crippen LogP contribution in [0.3, 0.4) is 0 Å². The van der Waals surface area contributed by atoms with E-state index in [0.717, 1.165) is 23.2 Å². The SMILES string of the molecule is CC(C)NCCCn1c(Sc2ccc3ccccc3c2)nc(C(N)=O)c1N. The lowest BCUT2D eigenvalue weighted by Gasteiger charge is -2.11. The predicted octanol–water partition coefficient (Wildman–Crippen LogP) is 3.26. The molecule has 1 heterocycles. The fourth-order valence-corrected chi connectivity index (χ4v) is 3.85. The Hall–Kier alpha value is -2.51. The molecule has 1 aromatic heterocycles. The van der Waals surface area contributed by atoms with Crippen LogP contribution in [0.5, 0.6) is 0 Å². The maximum atomic E-state index is 11.7. The number of fused-ring (bicyclic) bond motifs is 1. The molecule has 6 nitrogen and oxygen atoms in total. The third-order valence-corrected chi connectivity index (χ3v) is 5.23. The Labute approximate surface area is 163 Å². The summed E-state index contributed by atoms with van der Waals surface area (Å²) in [5.41, 5.74) is 11.7. The highest BCUT2D eigenvalue weighted by Gasteiger charge is 2.19. The molecule has 2 aromatic carbocycles. The predicted molar refractivity (Wildman–Crippen MR) is 111 cm³/mol. The van der Waals surface area contributed by atoms with Crippen LogP contribution in [0.25, 0.3) is 10.8 Å². The molecule has 7 heteroatoms. The summed E-state index contributed by atoms with van der Waals surface area (Å²) in [4.78, 5) is 17.1. The number of imidazole rings is 1. The van der Waals surface area contributed by atoms with Crippen LogP contribution in [0.1, 0.15) is 30.8 Å². The van der Waals surface area contributed by atoms with Crippen LogP contribution in [0, 0.1) is 0 Å². The summed E-state index contributed by atoms with van der Waals surface area (Å²) in [5, 5.41) is 6.40. The Balaban J connectivity index is 1.85. The van der Waals surface area contributed by atoms with E-state index in [1.165, 1.54) is 17.1 Å². The molecule has 27 heavy (non-hydrogen) atoms. The number of nitrogens with two attached hydrogens (primary N) is 2. The van der Waals surface area contributed by atoms with Gasteiger partial charge < -0.3 is 21.4 Å². The van der Waals surface area contributed by atoms with Crippen molar-refractivity contribution >= 4 is 34.3 Å². The summed E-state index contributed by atoms with van der Waals surface area (Å²) in [6, 6.07) is 14.9. The number of nitrogens with one attached hydrogen (secondary N) is 1. The summed E-state index contributed by atoms with van der Waals surface area (Å²) in [6.07, 6.45) is 0.877. The summed E-state index contributed by atoms with van der Waals surface area (Å²) < 4.78 is 1.88. The topological polar surface area (TPSA) is 99.0 Å². The van der Waals surface area contributed by atoms with E-state index >= 15 is 0 Å². The molecule has 142 valence electrons. The second-order valence-corrected chi connectivity index (χ2v) is 7.76. The van der Waals surface area contributed by atoms with E-state index in [-0.39, 0.29) is 5.69 Å². The zero-order chi connectivity index (χ0) is 19.4. The highest BCUT2D eigenvalue weighted by molar-refractivity contribution is 7.99. The molecule has 5 N–H and O–H groups in total. The first-order valence-corrected chi connectivity index (χ1v) is 9.83. The Morgan fingerprint density at radius 2 is 1.96 bits per heavy atom. The molecule has 0 unspecified atom stereocenters. The van der Waals surface area contributed by atoms with Gasteiger partial charge in [-0.15, -0.1) is 0 Å². The number of carbonyl (C=O) groups is 1. The molecule has 0 atom stereocenters. The van der Waals surface area contributed by atoms with Gasteiger partial charge in [0, 0.05) is 17.5 Å². The molecular weight excluding hydrogens is 358 g/mol. The molecule has 0 saturated heterocycles. The number of benzene rings is 2. The highest BCUT2D eigenvalue weighted by Crippen LogP contribution is 2.32. The van der Waals surface area contributed by atoms with Crippen LogP contribution in [0.4, 0.5) is 5.82 Å². The van der Waals surface area contributed by atoms with E-state index in [1.54, 1.807) is 0 Å². The zero-order valence-corrected chi connectivity index (χ0v) is 16.4. The third-order valence-electron chi connectivity index (χ3n) is 4.25. The number of hydrogen-bond acceptors (Lipinski definition) is 5. The van der Waals surface area contributed by atoms with Crippen molar-refractivity contribution in [3.05, 3.63) is 48.2 Å². The minimum atomic E-state index is -0.605. The van der Waals surface area contributed by atoms with E-state index in [2.05, 4.69) is 48.4 Å². The van der Waals surface area contributed by atoms with Crippen molar-refractivity contribution in [2.24, 2.45) is 5.73 Å². The van der Waals surface area contributed by atoms with Crippen LogP contribution < -0.4 is 16.8 Å². The van der Waals surface area contributed by atoms with Crippen molar-refractivity contribution in [2.75, 3.05) is 12.3 Å². The van der Waals surface area contributed by atoms with E-state index in [1.807, 2.05) is 22.8 Å². The lowest BCUT2D eigenvalue weighted by atomic mass is 10.1. The smallest absolute Gasteiger partial charge is 0.271 e. The standard InChI is InChI=1S/C20H25N5OS/c1-13(2)23-10-5-11-25-18(21)17(19(22)26)24-20(25)27-16-9-8-14-6-3-4-7-15(14)12-16/h3-4,6-9,12-13,23H,5,10-11,21H2,1-2H3,(H2,22,26). The van der Waals surface area contributed by atoms with Gasteiger partial charge in [-0.05, 0) is 35.9 Å². The second kappa shape index (κ2) is 8.45. The summed E-state index contributed by atoms with van der Waals surface area (Å²) in [6.45, 7) is 5.75. The first kappa shape index (κ1) is 19.3. The second-order valence-electron chi connectivity index (χ2n) is 6.72. The van der Waals surface area contributed by atoms with E-state index < -0.39 is 5.91 Å². The van der Waals surface area contributed by atoms with Crippen LogP contribution in [0.15, 0.2) is 52.5 Å². The lowest BCUT2D eigenvalue weighted by Crippen LogP contribution is -2.24. The zero-order valence-electron chi connectivity index (χ0n) is 15.6. The van der Waals surface area contributed by atoms with Gasteiger partial charge in [0.15, 0.2) is 10.9 Å². The van der Waals surface area contributed by atoms with Gasteiger partial charge in [0.25, 0.3) is 5.91 Å². The van der Waals surface area contributed by atoms with Gasteiger partial charge in [-0.1, -0.05) is 55.9 Å². The molecule has 1 amide bonds. The maximum absolute atomic E-state index is 11.7. The fraction of sp³-hybridized carbons (Fsp3) is 0.300. The largest absolute Gasteiger partial charge is 0.383 e. The highest BCUT2D eigenvalue weighted by atomic mass is 32.2. The molecular formula is C20H25N5OS. The Morgan fingerprint density at radius 1 is 1.22 bits per heavy atom. The number of anilines is 1. The number of carbonyl (C=O) groups excluding carboxylic acids is 1. The monoisotopic (exact) mass is 383 g/mol. The molecule has 0 radical (unpaired) electrons. The van der Waals surface area contributed by atoms with Gasteiger partial charge in [-0.3, -0.25) is 4.79 Å². The van der Waals surface area contributed by atoms with Crippen LogP contribution in [-0.2, 0) is 6.54 Å². The van der Waals surface area contributed by atoms with Crippen molar-refractivity contribution in [3.8, 4) is 0 Å². The van der Waals surface area contributed by atoms with Crippen molar-refractivity contribution in [1.29, 1.82) is 0 Å². The Kier molecular flexibility index (Phi) is 6.03. The normalized spacial score (nSPS) is 11.4. The fourth-order valence-electron chi connectivity index (χ4n) is 2.88. The molecule has 3 rings (SSSR count). The number of nitrogens with zero attached hydrogens (tertiary/aromatic N) is 2. The van der Waals surface area contributed by atoms with Gasteiger partial charge in [0.1, 0.15) is 5.82 Å². The summed E-state index contributed by atoms with van der Waals surface area (Å²) in [5.74, 6) is -0.276. The number of rotatable bonds is 8. The molecule has 0 bridgehead atoms. The van der Waals surface area contributed by atoms with Crippen molar-refractivity contribution < 1.29 is 4.79 Å². The van der Waals surface area contributed by atoms with E-state index in [9.17, 15) is 4.79 Å². The van der Waals surface area contributed by atoms with Crippen molar-refractivity contribution in [3.63, 3.8) is 0 Å². The Bertz CT molecular complexity index is 951. The number of hydrogen-bond donors (Lipinski definition) is 3. The maximum Gasteiger partial charge on any atom is 0.271 e. The van der Waals surface area contributed by atoms with Gasteiger partial charge in [-0.2, -0.15) is 0 Å². The van der Waals surface area contributed by atoms with Gasteiger partial charge in [-0.25, -0.2) is 4.98 Å². The Morgan fingerprint density at radius 3 is 2.67 bits per heavy atom. The average molecular weight is 384 g/mol. The van der Waals surface area contributed by atoms with Crippen molar-refractivity contribution in [1.82, 2.24) is 14.9 Å². The first-order valence-electron chi connectivity index (χ1n) is 9.01.